The molecule has 1 rings (SSSR count). The Labute approximate surface area is 304 Å². The average Bonchev–Trinajstić information content (AvgIpc) is 3.07. The molecule has 10 heteroatoms. The Hall–Kier alpha value is -1.72. The molecule has 0 aliphatic carbocycles. The summed E-state index contributed by atoms with van der Waals surface area (Å²) in [5.74, 6) is 1.20. The first-order chi connectivity index (χ1) is 23.1. The molecule has 302 valence electrons. The first kappa shape index (κ1) is 65.6. The van der Waals surface area contributed by atoms with E-state index in [1.807, 2.05) is 55.4 Å². The van der Waals surface area contributed by atoms with Crippen molar-refractivity contribution in [1.82, 2.24) is 0 Å². The van der Waals surface area contributed by atoms with Gasteiger partial charge in [0.05, 0.1) is 32.5 Å². The van der Waals surface area contributed by atoms with Crippen LogP contribution >= 0.6 is 0 Å². The van der Waals surface area contributed by atoms with E-state index in [9.17, 15) is 19.2 Å². The van der Waals surface area contributed by atoms with Gasteiger partial charge in [0.25, 0.3) is 0 Å². The van der Waals surface area contributed by atoms with Crippen molar-refractivity contribution in [3.63, 3.8) is 0 Å². The van der Waals surface area contributed by atoms with Gasteiger partial charge in [-0.25, -0.2) is 0 Å². The standard InChI is InChI=1S/C7H16.C6H12O.C5H10O2.C5H10O.C4H8O2.C4H8O.C4H10O.C3H8O.CH4O/c1-3-5-7-6-4-2;1-5(2)4-6(3)7;1-4(2)7-5(3)6;1-3-5(6)4-2;1-2-6-4-3-5-1;1-3-4(2)5;1-2-3-4-5;1-2-3-4;1-2/h3-7H2,1-2H3;5H,4H2,1-3H3;4H,1-3H3;3-4H2,1-2H3;1-4H2;3H2,1-2H3;5H,2-4H2,1H3;4H,2-3H2,1H3;2H,1H3. The molecule has 0 atom stereocenters. The van der Waals surface area contributed by atoms with E-state index in [0.717, 1.165) is 59.2 Å². The van der Waals surface area contributed by atoms with Crippen molar-refractivity contribution < 1.29 is 48.7 Å². The quantitative estimate of drug-likeness (QED) is 0.124. The smallest absolute Gasteiger partial charge is 0.302 e. The number of hydrogen-bond donors (Lipinski definition) is 3. The molecule has 0 bridgehead atoms. The number of esters is 1. The lowest BCUT2D eigenvalue weighted by Gasteiger charge is -2.09. The number of unbranched alkanes of at least 4 members (excludes halogenated alkanes) is 5. The summed E-state index contributed by atoms with van der Waals surface area (Å²) in [6.45, 7) is 30.2. The van der Waals surface area contributed by atoms with E-state index in [0.29, 0.717) is 44.2 Å². The van der Waals surface area contributed by atoms with Crippen molar-refractivity contribution >= 4 is 23.3 Å². The molecular weight excluding hydrogens is 628 g/mol. The number of Topliss-reactive ketones (excluding diaryl/α,β-unsaturated/α-hetero) is 3. The van der Waals surface area contributed by atoms with E-state index in [4.69, 9.17) is 24.8 Å². The van der Waals surface area contributed by atoms with E-state index in [1.54, 1.807) is 13.8 Å². The zero-order valence-corrected chi connectivity index (χ0v) is 35.1. The summed E-state index contributed by atoms with van der Waals surface area (Å²) in [6, 6.07) is 0. The van der Waals surface area contributed by atoms with Crippen molar-refractivity contribution in [3.05, 3.63) is 0 Å². The summed E-state index contributed by atoms with van der Waals surface area (Å²) in [5, 5.41) is 22.9. The molecule has 0 radical (unpaired) electrons. The lowest BCUT2D eigenvalue weighted by Crippen LogP contribution is -2.16. The summed E-state index contributed by atoms with van der Waals surface area (Å²) >= 11 is 0. The monoisotopic (exact) mass is 715 g/mol. The number of ether oxygens (including phenoxy) is 3. The van der Waals surface area contributed by atoms with Gasteiger partial charge < -0.3 is 39.1 Å². The van der Waals surface area contributed by atoms with E-state index < -0.39 is 0 Å². The highest BCUT2D eigenvalue weighted by molar-refractivity contribution is 5.77. The van der Waals surface area contributed by atoms with Crippen molar-refractivity contribution in [1.29, 1.82) is 0 Å². The van der Waals surface area contributed by atoms with E-state index >= 15 is 0 Å². The van der Waals surface area contributed by atoms with Gasteiger partial charge in [-0.15, -0.1) is 0 Å². The lowest BCUT2D eigenvalue weighted by atomic mass is 10.1. The van der Waals surface area contributed by atoms with Crippen LogP contribution in [0, 0.1) is 5.92 Å². The van der Waals surface area contributed by atoms with Crippen LogP contribution in [0.15, 0.2) is 0 Å². The van der Waals surface area contributed by atoms with Gasteiger partial charge in [0.15, 0.2) is 0 Å². The molecule has 0 saturated carbocycles. The van der Waals surface area contributed by atoms with Gasteiger partial charge in [-0.1, -0.05) is 101 Å². The first-order valence-electron chi connectivity index (χ1n) is 18.6. The van der Waals surface area contributed by atoms with Crippen LogP contribution in [0.25, 0.3) is 0 Å². The van der Waals surface area contributed by atoms with Crippen LogP contribution in [0.5, 0.6) is 0 Å². The van der Waals surface area contributed by atoms with Crippen LogP contribution in [-0.4, -0.2) is 91.5 Å². The van der Waals surface area contributed by atoms with Gasteiger partial charge in [0.2, 0.25) is 0 Å². The molecule has 3 N–H and O–H groups in total. The number of hydrogen-bond acceptors (Lipinski definition) is 10. The number of aliphatic hydroxyl groups excluding tert-OH is 3. The zero-order chi connectivity index (χ0) is 40.3. The summed E-state index contributed by atoms with van der Waals surface area (Å²) in [5.41, 5.74) is 0. The van der Waals surface area contributed by atoms with E-state index in [1.165, 1.54) is 39.0 Å². The van der Waals surface area contributed by atoms with Crippen molar-refractivity contribution in [2.45, 2.75) is 180 Å². The molecule has 1 fully saturated rings. The van der Waals surface area contributed by atoms with E-state index in [-0.39, 0.29) is 23.6 Å². The topological polar surface area (TPSA) is 157 Å². The number of carbonyl (C=O) groups is 4. The third-order valence-corrected chi connectivity index (χ3v) is 5.07. The number of aliphatic hydroxyl groups is 3. The minimum absolute atomic E-state index is 0.0255. The molecule has 1 saturated heterocycles. The maximum absolute atomic E-state index is 10.3. The number of ketones is 3. The maximum Gasteiger partial charge on any atom is 0.302 e. The number of carbonyl (C=O) groups excluding carboxylic acids is 4. The molecule has 49 heavy (non-hydrogen) atoms. The molecule has 10 nitrogen and oxygen atoms in total. The number of rotatable bonds is 13. The largest absolute Gasteiger partial charge is 0.463 e. The Bertz CT molecular complexity index is 545. The Morgan fingerprint density at radius 2 is 0.918 bits per heavy atom. The fourth-order valence-electron chi connectivity index (χ4n) is 2.43. The maximum atomic E-state index is 10.3. The minimum atomic E-state index is -0.213. The predicted molar refractivity (Wildman–Crippen MR) is 207 cm³/mol. The van der Waals surface area contributed by atoms with Gasteiger partial charge >= 0.3 is 5.97 Å². The SMILES string of the molecule is C1COCCO1.CC(=O)CC(C)C.CC(=O)OC(C)C.CCC(=O)CC.CCC(C)=O.CCCCCCC.CCCCO.CCCO.CO. The van der Waals surface area contributed by atoms with Crippen LogP contribution in [0.3, 0.4) is 0 Å². The lowest BCUT2D eigenvalue weighted by molar-refractivity contribution is -0.144. The molecule has 1 heterocycles. The molecular formula is C39H86O10. The second-order valence-electron chi connectivity index (χ2n) is 11.3. The molecule has 0 spiro atoms. The third kappa shape index (κ3) is 142. The molecule has 0 aromatic rings. The average molecular weight is 715 g/mol. The molecule has 0 amide bonds. The normalized spacial score (nSPS) is 10.4. The molecule has 0 aromatic carbocycles. The first-order valence-corrected chi connectivity index (χ1v) is 18.6. The summed E-state index contributed by atoms with van der Waals surface area (Å²) in [7, 11) is 1.00. The fourth-order valence-corrected chi connectivity index (χ4v) is 2.43. The van der Waals surface area contributed by atoms with Gasteiger partial charge in [-0.3, -0.25) is 9.59 Å². The molecule has 0 aromatic heterocycles. The van der Waals surface area contributed by atoms with Gasteiger partial charge in [-0.2, -0.15) is 0 Å². The Morgan fingerprint density at radius 3 is 0.980 bits per heavy atom. The zero-order valence-electron chi connectivity index (χ0n) is 35.1. The van der Waals surface area contributed by atoms with Gasteiger partial charge in [0.1, 0.15) is 17.3 Å². The van der Waals surface area contributed by atoms with Crippen LogP contribution in [0.4, 0.5) is 0 Å². The minimum Gasteiger partial charge on any atom is -0.463 e. The van der Waals surface area contributed by atoms with Gasteiger partial charge in [-0.05, 0) is 46.5 Å². The highest BCUT2D eigenvalue weighted by atomic mass is 16.6. The highest BCUT2D eigenvalue weighted by Gasteiger charge is 1.96. The summed E-state index contributed by atoms with van der Waals surface area (Å²) in [6.07, 6.45) is 12.7. The Morgan fingerprint density at radius 1 is 0.571 bits per heavy atom. The fraction of sp³-hybridized carbons (Fsp3) is 0.897. The molecule has 1 aliphatic heterocycles. The van der Waals surface area contributed by atoms with Crippen LogP contribution in [0.1, 0.15) is 174 Å². The molecule has 1 aliphatic rings. The van der Waals surface area contributed by atoms with Crippen molar-refractivity contribution in [2.24, 2.45) is 5.92 Å². The van der Waals surface area contributed by atoms with Crippen molar-refractivity contribution in [3.8, 4) is 0 Å². The predicted octanol–water partition coefficient (Wildman–Crippen LogP) is 8.73. The van der Waals surface area contributed by atoms with Crippen LogP contribution in [-0.2, 0) is 33.4 Å². The third-order valence-electron chi connectivity index (χ3n) is 5.07. The Balaban J connectivity index is -0.0000000652. The summed E-state index contributed by atoms with van der Waals surface area (Å²) in [4.78, 5) is 40.3. The highest BCUT2D eigenvalue weighted by Crippen LogP contribution is 2.00. The second kappa shape index (κ2) is 68.3. The van der Waals surface area contributed by atoms with Crippen molar-refractivity contribution in [2.75, 3.05) is 46.8 Å². The second-order valence-corrected chi connectivity index (χ2v) is 11.3. The van der Waals surface area contributed by atoms with E-state index in [2.05, 4.69) is 25.5 Å². The molecule has 0 unspecified atom stereocenters. The van der Waals surface area contributed by atoms with Crippen LogP contribution in [0.2, 0.25) is 0 Å². The van der Waals surface area contributed by atoms with Crippen LogP contribution < -0.4 is 0 Å². The summed E-state index contributed by atoms with van der Waals surface area (Å²) < 4.78 is 14.5. The Kier molecular flexibility index (Phi) is 91.4. The van der Waals surface area contributed by atoms with Gasteiger partial charge in [0, 0.05) is 52.9 Å².